The van der Waals surface area contributed by atoms with Crippen molar-refractivity contribution in [3.63, 3.8) is 0 Å². The Labute approximate surface area is 227 Å². The van der Waals surface area contributed by atoms with E-state index in [1.807, 2.05) is 30.3 Å². The van der Waals surface area contributed by atoms with Crippen LogP contribution in [0, 0.1) is 5.92 Å². The summed E-state index contributed by atoms with van der Waals surface area (Å²) in [6.07, 6.45) is 1.34. The van der Waals surface area contributed by atoms with Gasteiger partial charge in [0.1, 0.15) is 17.5 Å². The molecule has 3 aromatic rings. The predicted molar refractivity (Wildman–Crippen MR) is 142 cm³/mol. The van der Waals surface area contributed by atoms with E-state index in [9.17, 15) is 14.4 Å². The van der Waals surface area contributed by atoms with Crippen molar-refractivity contribution in [1.82, 2.24) is 15.4 Å². The molecule has 206 valence electrons. The van der Waals surface area contributed by atoms with Crippen molar-refractivity contribution in [2.75, 3.05) is 33.9 Å². The fraction of sp³-hybridized carbons (Fsp3) is 0.379. The lowest BCUT2D eigenvalue weighted by atomic mass is 9.95. The Morgan fingerprint density at radius 3 is 2.46 bits per heavy atom. The van der Waals surface area contributed by atoms with Crippen molar-refractivity contribution in [1.29, 1.82) is 0 Å². The fourth-order valence-electron chi connectivity index (χ4n) is 4.61. The number of piperidine rings is 1. The average molecular weight is 536 g/mol. The molecule has 2 amide bonds. The zero-order valence-electron chi connectivity index (χ0n) is 22.3. The van der Waals surface area contributed by atoms with Crippen LogP contribution in [0.25, 0.3) is 11.3 Å². The van der Waals surface area contributed by atoms with Gasteiger partial charge in [0.2, 0.25) is 5.91 Å². The van der Waals surface area contributed by atoms with Gasteiger partial charge in [-0.05, 0) is 43.5 Å². The number of aromatic nitrogens is 1. The average Bonchev–Trinajstić information content (AvgIpc) is 3.47. The number of hydrogen-bond donors (Lipinski definition) is 1. The summed E-state index contributed by atoms with van der Waals surface area (Å²) in [6, 6.07) is 15.4. The predicted octanol–water partition coefficient (Wildman–Crippen LogP) is 3.50. The van der Waals surface area contributed by atoms with Gasteiger partial charge in [0, 0.05) is 25.6 Å². The first kappa shape index (κ1) is 27.7. The van der Waals surface area contributed by atoms with Crippen molar-refractivity contribution < 1.29 is 33.1 Å². The van der Waals surface area contributed by atoms with Crippen LogP contribution >= 0.6 is 0 Å². The first-order valence-electron chi connectivity index (χ1n) is 12.9. The molecule has 1 N–H and O–H groups in total. The number of ether oxygens (including phenoxy) is 3. The summed E-state index contributed by atoms with van der Waals surface area (Å²) in [7, 11) is 3.08. The number of esters is 1. The normalized spacial score (nSPS) is 14.4. The number of benzene rings is 2. The molecule has 2 aromatic carbocycles. The Balaban J connectivity index is 1.50. The molecule has 1 atom stereocenters. The van der Waals surface area contributed by atoms with Gasteiger partial charge in [-0.25, -0.2) is 0 Å². The SMILES string of the molecule is CCOC(=O)C1CCN(C(=O)[C@@H](Cc2ccccc2)NC(=O)c2cc(-c3cc(OC)ccc3OC)on2)CC1. The first-order valence-corrected chi connectivity index (χ1v) is 12.9. The van der Waals surface area contributed by atoms with Gasteiger partial charge < -0.3 is 29.0 Å². The largest absolute Gasteiger partial charge is 0.497 e. The molecule has 1 aromatic heterocycles. The third-order valence-corrected chi connectivity index (χ3v) is 6.73. The lowest BCUT2D eigenvalue weighted by molar-refractivity contribution is -0.151. The molecule has 39 heavy (non-hydrogen) atoms. The van der Waals surface area contributed by atoms with Crippen LogP contribution in [0.5, 0.6) is 11.5 Å². The molecule has 2 heterocycles. The van der Waals surface area contributed by atoms with Gasteiger partial charge in [0.05, 0.1) is 32.3 Å². The minimum atomic E-state index is -0.828. The highest BCUT2D eigenvalue weighted by Gasteiger charge is 2.33. The van der Waals surface area contributed by atoms with E-state index >= 15 is 0 Å². The number of methoxy groups -OCH3 is 2. The summed E-state index contributed by atoms with van der Waals surface area (Å²) in [5.41, 5.74) is 1.51. The van der Waals surface area contributed by atoms with Gasteiger partial charge in [-0.3, -0.25) is 14.4 Å². The maximum atomic E-state index is 13.6. The molecule has 0 unspecified atom stereocenters. The molecular weight excluding hydrogens is 502 g/mol. The maximum absolute atomic E-state index is 13.6. The number of hydrogen-bond acceptors (Lipinski definition) is 8. The summed E-state index contributed by atoms with van der Waals surface area (Å²) < 4.78 is 21.3. The second kappa shape index (κ2) is 12.9. The third-order valence-electron chi connectivity index (χ3n) is 6.73. The number of likely N-dealkylation sites (tertiary alicyclic amines) is 1. The summed E-state index contributed by atoms with van der Waals surface area (Å²) in [5, 5.41) is 6.79. The van der Waals surface area contributed by atoms with E-state index in [0.717, 1.165) is 5.56 Å². The molecule has 0 saturated carbocycles. The highest BCUT2D eigenvalue weighted by Crippen LogP contribution is 2.33. The van der Waals surface area contributed by atoms with Crippen LogP contribution in [0.15, 0.2) is 59.1 Å². The van der Waals surface area contributed by atoms with E-state index in [-0.39, 0.29) is 23.5 Å². The quantitative estimate of drug-likeness (QED) is 0.392. The Kier molecular flexibility index (Phi) is 9.19. The maximum Gasteiger partial charge on any atom is 0.309 e. The molecule has 0 radical (unpaired) electrons. The Morgan fingerprint density at radius 2 is 1.79 bits per heavy atom. The van der Waals surface area contributed by atoms with E-state index in [4.69, 9.17) is 18.7 Å². The number of carbonyl (C=O) groups is 3. The van der Waals surface area contributed by atoms with Crippen LogP contribution < -0.4 is 14.8 Å². The molecule has 4 rings (SSSR count). The summed E-state index contributed by atoms with van der Waals surface area (Å²) in [6.45, 7) is 2.93. The van der Waals surface area contributed by atoms with Gasteiger partial charge in [0.15, 0.2) is 11.5 Å². The molecule has 1 aliphatic rings. The topological polar surface area (TPSA) is 120 Å². The van der Waals surface area contributed by atoms with Crippen molar-refractivity contribution in [3.05, 3.63) is 65.9 Å². The number of nitrogens with zero attached hydrogens (tertiary/aromatic N) is 2. The summed E-state index contributed by atoms with van der Waals surface area (Å²) in [5.74, 6) is 0.236. The highest BCUT2D eigenvalue weighted by atomic mass is 16.5. The van der Waals surface area contributed by atoms with Crippen LogP contribution in [0.3, 0.4) is 0 Å². The summed E-state index contributed by atoms with van der Waals surface area (Å²) in [4.78, 5) is 40.6. The smallest absolute Gasteiger partial charge is 0.309 e. The van der Waals surface area contributed by atoms with Crippen molar-refractivity contribution >= 4 is 17.8 Å². The van der Waals surface area contributed by atoms with Crippen LogP contribution in [-0.4, -0.2) is 67.8 Å². The zero-order chi connectivity index (χ0) is 27.8. The van der Waals surface area contributed by atoms with Crippen molar-refractivity contribution in [2.45, 2.75) is 32.2 Å². The minimum Gasteiger partial charge on any atom is -0.497 e. The number of nitrogens with one attached hydrogen (secondary N) is 1. The van der Waals surface area contributed by atoms with E-state index in [0.29, 0.717) is 61.8 Å². The van der Waals surface area contributed by atoms with Crippen LogP contribution in [-0.2, 0) is 20.7 Å². The zero-order valence-corrected chi connectivity index (χ0v) is 22.3. The molecule has 1 saturated heterocycles. The minimum absolute atomic E-state index is 0.0294. The molecule has 10 nitrogen and oxygen atoms in total. The summed E-state index contributed by atoms with van der Waals surface area (Å²) >= 11 is 0. The lowest BCUT2D eigenvalue weighted by Gasteiger charge is -2.33. The number of rotatable bonds is 10. The standard InChI is InChI=1S/C29H33N3O7/c1-4-38-29(35)20-12-14-32(15-13-20)28(34)24(16-19-8-6-5-7-9-19)30-27(33)23-18-26(39-31-23)22-17-21(36-2)10-11-25(22)37-3/h5-11,17-18,20,24H,4,12-16H2,1-3H3,(H,30,33)/t24-/m1/s1. The number of amides is 2. The van der Waals surface area contributed by atoms with Crippen LogP contribution in [0.4, 0.5) is 0 Å². The Morgan fingerprint density at radius 1 is 1.05 bits per heavy atom. The van der Waals surface area contributed by atoms with E-state index in [1.54, 1.807) is 37.1 Å². The Bertz CT molecular complexity index is 1280. The van der Waals surface area contributed by atoms with Gasteiger partial charge in [-0.1, -0.05) is 35.5 Å². The molecule has 1 fully saturated rings. The first-order chi connectivity index (χ1) is 18.9. The monoisotopic (exact) mass is 535 g/mol. The van der Waals surface area contributed by atoms with Crippen LogP contribution in [0.1, 0.15) is 35.8 Å². The molecule has 1 aliphatic heterocycles. The van der Waals surface area contributed by atoms with Crippen LogP contribution in [0.2, 0.25) is 0 Å². The third kappa shape index (κ3) is 6.76. The lowest BCUT2D eigenvalue weighted by Crippen LogP contribution is -2.52. The van der Waals surface area contributed by atoms with Gasteiger partial charge in [-0.15, -0.1) is 0 Å². The van der Waals surface area contributed by atoms with Gasteiger partial charge in [0.25, 0.3) is 5.91 Å². The highest BCUT2D eigenvalue weighted by molar-refractivity contribution is 5.97. The van der Waals surface area contributed by atoms with Crippen molar-refractivity contribution in [3.8, 4) is 22.8 Å². The fourth-order valence-corrected chi connectivity index (χ4v) is 4.61. The Hall–Kier alpha value is -4.34. The van der Waals surface area contributed by atoms with E-state index in [2.05, 4.69) is 10.5 Å². The molecule has 0 aliphatic carbocycles. The van der Waals surface area contributed by atoms with E-state index in [1.165, 1.54) is 13.2 Å². The van der Waals surface area contributed by atoms with Gasteiger partial charge >= 0.3 is 5.97 Å². The van der Waals surface area contributed by atoms with Gasteiger partial charge in [-0.2, -0.15) is 0 Å². The molecular formula is C29H33N3O7. The van der Waals surface area contributed by atoms with Crippen molar-refractivity contribution in [2.24, 2.45) is 5.92 Å². The second-order valence-electron chi connectivity index (χ2n) is 9.21. The number of carbonyl (C=O) groups excluding carboxylic acids is 3. The second-order valence-corrected chi connectivity index (χ2v) is 9.21. The molecule has 0 spiro atoms. The van der Waals surface area contributed by atoms with E-state index < -0.39 is 11.9 Å². The molecule has 10 heteroatoms. The molecule has 0 bridgehead atoms.